The number of rotatable bonds is 5. The fourth-order valence-corrected chi connectivity index (χ4v) is 2.28. The number of halogens is 1. The zero-order valence-electron chi connectivity index (χ0n) is 11.4. The van der Waals surface area contributed by atoms with Gasteiger partial charge in [-0.15, -0.1) is 0 Å². The first-order chi connectivity index (χ1) is 9.08. The third-order valence-electron chi connectivity index (χ3n) is 2.78. The molecule has 0 unspecified atom stereocenters. The molecule has 2 aromatic rings. The minimum absolute atomic E-state index is 0.465. The topological polar surface area (TPSA) is 47.0 Å². The Hall–Kier alpha value is -1.20. The number of nitrogens with zero attached hydrogens (tertiary/aromatic N) is 2. The van der Waals surface area contributed by atoms with Crippen LogP contribution in [0.5, 0.6) is 5.75 Å². The van der Waals surface area contributed by atoms with Crippen LogP contribution < -0.4 is 10.1 Å². The van der Waals surface area contributed by atoms with Crippen LogP contribution in [0.25, 0.3) is 10.9 Å². The first-order valence-electron chi connectivity index (χ1n) is 6.35. The van der Waals surface area contributed by atoms with Crippen molar-refractivity contribution in [2.75, 3.05) is 13.2 Å². The van der Waals surface area contributed by atoms with E-state index in [2.05, 4.69) is 45.1 Å². The molecule has 1 aromatic heterocycles. The van der Waals surface area contributed by atoms with Crippen molar-refractivity contribution in [2.45, 2.75) is 26.8 Å². The normalized spacial score (nSPS) is 11.2. The Labute approximate surface area is 121 Å². The van der Waals surface area contributed by atoms with Gasteiger partial charge in [-0.05, 0) is 19.1 Å². The first-order valence-corrected chi connectivity index (χ1v) is 7.14. The molecule has 0 saturated heterocycles. The Morgan fingerprint density at radius 1 is 1.32 bits per heavy atom. The molecule has 0 spiro atoms. The summed E-state index contributed by atoms with van der Waals surface area (Å²) >= 11 is 3.50. The highest BCUT2D eigenvalue weighted by molar-refractivity contribution is 9.10. The third-order valence-corrected chi connectivity index (χ3v) is 3.24. The van der Waals surface area contributed by atoms with Gasteiger partial charge >= 0.3 is 0 Å². The van der Waals surface area contributed by atoms with Gasteiger partial charge in [0.1, 0.15) is 24.2 Å². The minimum Gasteiger partial charge on any atom is -0.490 e. The largest absolute Gasteiger partial charge is 0.490 e. The van der Waals surface area contributed by atoms with E-state index in [1.165, 1.54) is 0 Å². The molecule has 0 saturated carbocycles. The number of nitrogens with one attached hydrogen (secondary N) is 1. The fourth-order valence-electron chi connectivity index (χ4n) is 1.84. The van der Waals surface area contributed by atoms with Crippen LogP contribution in [0.4, 0.5) is 0 Å². The monoisotopic (exact) mass is 323 g/mol. The maximum atomic E-state index is 5.82. The second-order valence-corrected chi connectivity index (χ2v) is 5.63. The Morgan fingerprint density at radius 2 is 2.11 bits per heavy atom. The van der Waals surface area contributed by atoms with Crippen LogP contribution in [-0.2, 0) is 0 Å². The smallest absolute Gasteiger partial charge is 0.146 e. The predicted molar refractivity (Wildman–Crippen MR) is 80.6 cm³/mol. The van der Waals surface area contributed by atoms with Crippen LogP contribution >= 0.6 is 15.9 Å². The zero-order valence-corrected chi connectivity index (χ0v) is 13.0. The summed E-state index contributed by atoms with van der Waals surface area (Å²) in [4.78, 5) is 8.53. The Kier molecular flexibility index (Phi) is 4.71. The highest BCUT2D eigenvalue weighted by atomic mass is 79.9. The summed E-state index contributed by atoms with van der Waals surface area (Å²) in [6.45, 7) is 7.64. The van der Waals surface area contributed by atoms with Crippen molar-refractivity contribution in [3.05, 3.63) is 28.6 Å². The number of hydrogen-bond acceptors (Lipinski definition) is 4. The van der Waals surface area contributed by atoms with Crippen molar-refractivity contribution in [3.63, 3.8) is 0 Å². The quantitative estimate of drug-likeness (QED) is 0.859. The van der Waals surface area contributed by atoms with Crippen LogP contribution in [0.1, 0.15) is 19.5 Å². The summed E-state index contributed by atoms with van der Waals surface area (Å²) in [5.41, 5.74) is 1.82. The number of benzene rings is 1. The standard InChI is InChI=1S/C14H18BrN3O/c1-9(2)16-4-5-19-13-7-11(15)6-12-10(3)17-8-18-14(12)13/h6-9,16H,4-5H2,1-3H3. The van der Waals surface area contributed by atoms with Gasteiger partial charge in [0.15, 0.2) is 0 Å². The Bertz CT molecular complexity index is 572. The number of ether oxygens (including phenoxy) is 1. The van der Waals surface area contributed by atoms with E-state index in [9.17, 15) is 0 Å². The molecule has 1 N–H and O–H groups in total. The highest BCUT2D eigenvalue weighted by Crippen LogP contribution is 2.29. The van der Waals surface area contributed by atoms with Gasteiger partial charge in [0, 0.05) is 28.1 Å². The van der Waals surface area contributed by atoms with Crippen molar-refractivity contribution >= 4 is 26.8 Å². The van der Waals surface area contributed by atoms with E-state index in [0.29, 0.717) is 12.6 Å². The lowest BCUT2D eigenvalue weighted by molar-refractivity contribution is 0.311. The van der Waals surface area contributed by atoms with Crippen molar-refractivity contribution in [1.82, 2.24) is 15.3 Å². The van der Waals surface area contributed by atoms with Gasteiger partial charge in [-0.1, -0.05) is 29.8 Å². The van der Waals surface area contributed by atoms with E-state index in [-0.39, 0.29) is 0 Å². The lowest BCUT2D eigenvalue weighted by Crippen LogP contribution is -2.27. The van der Waals surface area contributed by atoms with E-state index in [4.69, 9.17) is 4.74 Å². The molecule has 0 aliphatic heterocycles. The van der Waals surface area contributed by atoms with E-state index >= 15 is 0 Å². The summed E-state index contributed by atoms with van der Waals surface area (Å²) in [6.07, 6.45) is 1.57. The molecular formula is C14H18BrN3O. The van der Waals surface area contributed by atoms with Crippen LogP contribution in [0.3, 0.4) is 0 Å². The van der Waals surface area contributed by atoms with Gasteiger partial charge in [0.05, 0.1) is 0 Å². The molecular weight excluding hydrogens is 306 g/mol. The molecule has 0 bridgehead atoms. The molecule has 5 heteroatoms. The van der Waals surface area contributed by atoms with Crippen LogP contribution in [0.15, 0.2) is 22.9 Å². The first kappa shape index (κ1) is 14.2. The highest BCUT2D eigenvalue weighted by Gasteiger charge is 2.08. The molecule has 4 nitrogen and oxygen atoms in total. The molecule has 19 heavy (non-hydrogen) atoms. The fraction of sp³-hybridized carbons (Fsp3) is 0.429. The molecule has 1 aromatic carbocycles. The van der Waals surface area contributed by atoms with E-state index in [1.54, 1.807) is 6.33 Å². The zero-order chi connectivity index (χ0) is 13.8. The van der Waals surface area contributed by atoms with Crippen LogP contribution in [0.2, 0.25) is 0 Å². The molecule has 0 aliphatic rings. The van der Waals surface area contributed by atoms with Gasteiger partial charge in [0.2, 0.25) is 0 Å². The second-order valence-electron chi connectivity index (χ2n) is 4.72. The number of fused-ring (bicyclic) bond motifs is 1. The number of aromatic nitrogens is 2. The summed E-state index contributed by atoms with van der Waals surface area (Å²) in [5, 5.41) is 4.34. The average molecular weight is 324 g/mol. The molecule has 2 rings (SSSR count). The van der Waals surface area contributed by atoms with E-state index in [0.717, 1.165) is 33.4 Å². The molecule has 0 fully saturated rings. The van der Waals surface area contributed by atoms with Crippen molar-refractivity contribution in [1.29, 1.82) is 0 Å². The van der Waals surface area contributed by atoms with Gasteiger partial charge in [-0.3, -0.25) is 0 Å². The summed E-state index contributed by atoms with van der Waals surface area (Å²) in [6, 6.07) is 4.43. The summed E-state index contributed by atoms with van der Waals surface area (Å²) in [7, 11) is 0. The molecule has 0 radical (unpaired) electrons. The molecule has 0 amide bonds. The van der Waals surface area contributed by atoms with Gasteiger partial charge in [-0.25, -0.2) is 9.97 Å². The number of aryl methyl sites for hydroxylation is 1. The minimum atomic E-state index is 0.465. The van der Waals surface area contributed by atoms with Crippen molar-refractivity contribution in [3.8, 4) is 5.75 Å². The van der Waals surface area contributed by atoms with Crippen LogP contribution in [-0.4, -0.2) is 29.2 Å². The van der Waals surface area contributed by atoms with Crippen LogP contribution in [0, 0.1) is 6.92 Å². The summed E-state index contributed by atoms with van der Waals surface area (Å²) in [5.74, 6) is 0.792. The van der Waals surface area contributed by atoms with Gasteiger partial charge in [0.25, 0.3) is 0 Å². The lowest BCUT2D eigenvalue weighted by Gasteiger charge is -2.12. The lowest BCUT2D eigenvalue weighted by atomic mass is 10.2. The third kappa shape index (κ3) is 3.64. The summed E-state index contributed by atoms with van der Waals surface area (Å²) < 4.78 is 6.80. The van der Waals surface area contributed by atoms with Crippen molar-refractivity contribution in [2.24, 2.45) is 0 Å². The SMILES string of the molecule is Cc1ncnc2c(OCCNC(C)C)cc(Br)cc12. The maximum Gasteiger partial charge on any atom is 0.146 e. The molecule has 102 valence electrons. The maximum absolute atomic E-state index is 5.82. The average Bonchev–Trinajstić information content (AvgIpc) is 2.35. The predicted octanol–water partition coefficient (Wildman–Crippen LogP) is 3.08. The van der Waals surface area contributed by atoms with Crippen molar-refractivity contribution < 1.29 is 4.74 Å². The molecule has 0 atom stereocenters. The van der Waals surface area contributed by atoms with Gasteiger partial charge in [-0.2, -0.15) is 0 Å². The Balaban J connectivity index is 2.20. The number of hydrogen-bond donors (Lipinski definition) is 1. The molecule has 1 heterocycles. The van der Waals surface area contributed by atoms with E-state index < -0.39 is 0 Å². The molecule has 0 aliphatic carbocycles. The van der Waals surface area contributed by atoms with E-state index in [1.807, 2.05) is 19.1 Å². The Morgan fingerprint density at radius 3 is 2.84 bits per heavy atom. The second kappa shape index (κ2) is 6.30. The van der Waals surface area contributed by atoms with Gasteiger partial charge < -0.3 is 10.1 Å².